The first-order valence-corrected chi connectivity index (χ1v) is 7.80. The molecule has 1 aromatic rings. The van der Waals surface area contributed by atoms with Gasteiger partial charge in [-0.15, -0.1) is 0 Å². The van der Waals surface area contributed by atoms with Crippen LogP contribution in [-0.4, -0.2) is 37.5 Å². The zero-order chi connectivity index (χ0) is 13.1. The SMILES string of the molecule is Brc1ccc(CN2CCC(C3OCCO3)CC2)cc1. The largest absolute Gasteiger partial charge is 0.350 e. The van der Waals surface area contributed by atoms with Crippen LogP contribution in [-0.2, 0) is 16.0 Å². The van der Waals surface area contributed by atoms with Crippen molar-refractivity contribution in [2.45, 2.75) is 25.7 Å². The van der Waals surface area contributed by atoms with Crippen LogP contribution in [0.1, 0.15) is 18.4 Å². The number of hydrogen-bond acceptors (Lipinski definition) is 3. The molecule has 0 atom stereocenters. The summed E-state index contributed by atoms with van der Waals surface area (Å²) in [5.41, 5.74) is 1.38. The maximum Gasteiger partial charge on any atom is 0.160 e. The molecule has 2 saturated heterocycles. The van der Waals surface area contributed by atoms with Crippen molar-refractivity contribution < 1.29 is 9.47 Å². The number of hydrogen-bond donors (Lipinski definition) is 0. The minimum Gasteiger partial charge on any atom is -0.350 e. The van der Waals surface area contributed by atoms with Gasteiger partial charge in [0.15, 0.2) is 6.29 Å². The van der Waals surface area contributed by atoms with Crippen molar-refractivity contribution >= 4 is 15.9 Å². The third-order valence-electron chi connectivity index (χ3n) is 3.98. The maximum absolute atomic E-state index is 5.61. The Morgan fingerprint density at radius 1 is 1.05 bits per heavy atom. The summed E-state index contributed by atoms with van der Waals surface area (Å²) in [4.78, 5) is 2.52. The smallest absolute Gasteiger partial charge is 0.160 e. The summed E-state index contributed by atoms with van der Waals surface area (Å²) in [6, 6.07) is 8.61. The van der Waals surface area contributed by atoms with Crippen LogP contribution in [0.2, 0.25) is 0 Å². The summed E-state index contributed by atoms with van der Waals surface area (Å²) < 4.78 is 12.4. The van der Waals surface area contributed by atoms with E-state index in [1.165, 1.54) is 18.4 Å². The van der Waals surface area contributed by atoms with E-state index in [9.17, 15) is 0 Å². The summed E-state index contributed by atoms with van der Waals surface area (Å²) >= 11 is 3.47. The fraction of sp³-hybridized carbons (Fsp3) is 0.600. The monoisotopic (exact) mass is 325 g/mol. The minimum atomic E-state index is 0.0647. The van der Waals surface area contributed by atoms with E-state index in [1.54, 1.807) is 0 Å². The molecule has 0 saturated carbocycles. The van der Waals surface area contributed by atoms with Crippen molar-refractivity contribution in [1.82, 2.24) is 4.90 Å². The molecule has 2 aliphatic heterocycles. The highest BCUT2D eigenvalue weighted by Crippen LogP contribution is 2.26. The summed E-state index contributed by atoms with van der Waals surface area (Å²) in [6.07, 6.45) is 2.43. The highest BCUT2D eigenvalue weighted by Gasteiger charge is 2.30. The number of benzene rings is 1. The van der Waals surface area contributed by atoms with E-state index in [0.29, 0.717) is 5.92 Å². The van der Waals surface area contributed by atoms with Gasteiger partial charge in [-0.25, -0.2) is 0 Å². The average Bonchev–Trinajstić information content (AvgIpc) is 2.96. The second-order valence-corrected chi connectivity index (χ2v) is 6.27. The van der Waals surface area contributed by atoms with Crippen molar-refractivity contribution in [2.75, 3.05) is 26.3 Å². The van der Waals surface area contributed by atoms with Gasteiger partial charge in [-0.05, 0) is 43.6 Å². The quantitative estimate of drug-likeness (QED) is 0.852. The zero-order valence-electron chi connectivity index (χ0n) is 11.1. The molecule has 3 rings (SSSR count). The van der Waals surface area contributed by atoms with Gasteiger partial charge < -0.3 is 9.47 Å². The molecule has 1 aromatic carbocycles. The van der Waals surface area contributed by atoms with Gasteiger partial charge in [-0.2, -0.15) is 0 Å². The Morgan fingerprint density at radius 2 is 1.68 bits per heavy atom. The van der Waals surface area contributed by atoms with Crippen LogP contribution in [0.25, 0.3) is 0 Å². The number of rotatable bonds is 3. The summed E-state index contributed by atoms with van der Waals surface area (Å²) in [6.45, 7) is 4.87. The van der Waals surface area contributed by atoms with Crippen LogP contribution in [0.4, 0.5) is 0 Å². The van der Waals surface area contributed by atoms with Crippen LogP contribution in [0.3, 0.4) is 0 Å². The van der Waals surface area contributed by atoms with E-state index < -0.39 is 0 Å². The lowest BCUT2D eigenvalue weighted by Crippen LogP contribution is -2.37. The normalized spacial score (nSPS) is 23.0. The molecule has 0 spiro atoms. The van der Waals surface area contributed by atoms with Gasteiger partial charge in [0.2, 0.25) is 0 Å². The van der Waals surface area contributed by atoms with E-state index in [-0.39, 0.29) is 6.29 Å². The highest BCUT2D eigenvalue weighted by molar-refractivity contribution is 9.10. The summed E-state index contributed by atoms with van der Waals surface area (Å²) in [5.74, 6) is 0.587. The molecule has 19 heavy (non-hydrogen) atoms. The van der Waals surface area contributed by atoms with Crippen LogP contribution in [0, 0.1) is 5.92 Å². The Morgan fingerprint density at radius 3 is 2.32 bits per heavy atom. The van der Waals surface area contributed by atoms with Gasteiger partial charge in [0.1, 0.15) is 0 Å². The van der Waals surface area contributed by atoms with Gasteiger partial charge in [0.05, 0.1) is 13.2 Å². The molecule has 0 aromatic heterocycles. The van der Waals surface area contributed by atoms with Crippen molar-refractivity contribution in [3.63, 3.8) is 0 Å². The third-order valence-corrected chi connectivity index (χ3v) is 4.51. The maximum atomic E-state index is 5.61. The van der Waals surface area contributed by atoms with E-state index in [0.717, 1.165) is 37.3 Å². The van der Waals surface area contributed by atoms with Crippen LogP contribution < -0.4 is 0 Å². The van der Waals surface area contributed by atoms with E-state index in [1.807, 2.05) is 0 Å². The topological polar surface area (TPSA) is 21.7 Å². The molecule has 2 heterocycles. The molecule has 104 valence electrons. The molecular weight excluding hydrogens is 306 g/mol. The molecule has 0 N–H and O–H groups in total. The first-order valence-electron chi connectivity index (χ1n) is 7.01. The van der Waals surface area contributed by atoms with Crippen LogP contribution in [0.15, 0.2) is 28.7 Å². The molecular formula is C15H20BrNO2. The second kappa shape index (κ2) is 6.35. The number of ether oxygens (including phenoxy) is 2. The fourth-order valence-electron chi connectivity index (χ4n) is 2.88. The van der Waals surface area contributed by atoms with Gasteiger partial charge in [0, 0.05) is 16.9 Å². The van der Waals surface area contributed by atoms with Gasteiger partial charge in [0.25, 0.3) is 0 Å². The predicted molar refractivity (Wildman–Crippen MR) is 77.8 cm³/mol. The molecule has 2 aliphatic rings. The Hall–Kier alpha value is -0.420. The van der Waals surface area contributed by atoms with Crippen molar-refractivity contribution in [3.05, 3.63) is 34.3 Å². The van der Waals surface area contributed by atoms with E-state index in [2.05, 4.69) is 45.1 Å². The average molecular weight is 326 g/mol. The first kappa shape index (κ1) is 13.6. The minimum absolute atomic E-state index is 0.0647. The lowest BCUT2D eigenvalue weighted by molar-refractivity contribution is -0.0977. The van der Waals surface area contributed by atoms with Crippen molar-refractivity contribution in [3.8, 4) is 0 Å². The number of likely N-dealkylation sites (tertiary alicyclic amines) is 1. The van der Waals surface area contributed by atoms with E-state index in [4.69, 9.17) is 9.47 Å². The molecule has 0 unspecified atom stereocenters. The zero-order valence-corrected chi connectivity index (χ0v) is 12.6. The first-order chi connectivity index (χ1) is 9.31. The Bertz CT molecular complexity index is 395. The molecule has 0 radical (unpaired) electrons. The van der Waals surface area contributed by atoms with Crippen molar-refractivity contribution in [1.29, 1.82) is 0 Å². The van der Waals surface area contributed by atoms with Gasteiger partial charge in [-0.1, -0.05) is 28.1 Å². The standard InChI is InChI=1S/C15H20BrNO2/c16-14-3-1-12(2-4-14)11-17-7-5-13(6-8-17)15-18-9-10-19-15/h1-4,13,15H,5-11H2. The Balaban J connectivity index is 1.48. The number of nitrogens with zero attached hydrogens (tertiary/aromatic N) is 1. The van der Waals surface area contributed by atoms with Gasteiger partial charge >= 0.3 is 0 Å². The van der Waals surface area contributed by atoms with Crippen molar-refractivity contribution in [2.24, 2.45) is 5.92 Å². The molecule has 0 aliphatic carbocycles. The fourth-order valence-corrected chi connectivity index (χ4v) is 3.14. The van der Waals surface area contributed by atoms with Gasteiger partial charge in [-0.3, -0.25) is 4.90 Å². The second-order valence-electron chi connectivity index (χ2n) is 5.35. The predicted octanol–water partition coefficient (Wildman–Crippen LogP) is 3.03. The molecule has 2 fully saturated rings. The molecule has 0 bridgehead atoms. The highest BCUT2D eigenvalue weighted by atomic mass is 79.9. The van der Waals surface area contributed by atoms with Crippen LogP contribution in [0.5, 0.6) is 0 Å². The third kappa shape index (κ3) is 3.57. The Labute approximate surface area is 123 Å². The lowest BCUT2D eigenvalue weighted by Gasteiger charge is -2.33. The van der Waals surface area contributed by atoms with E-state index >= 15 is 0 Å². The summed E-state index contributed by atoms with van der Waals surface area (Å²) in [5, 5.41) is 0. The number of piperidine rings is 1. The van der Waals surface area contributed by atoms with Crippen LogP contribution >= 0.6 is 15.9 Å². The lowest BCUT2D eigenvalue weighted by atomic mass is 9.96. The summed E-state index contributed by atoms with van der Waals surface area (Å²) in [7, 11) is 0. The molecule has 4 heteroatoms. The molecule has 0 amide bonds. The Kier molecular flexibility index (Phi) is 4.53. The number of halogens is 1. The molecule has 3 nitrogen and oxygen atoms in total.